The highest BCUT2D eigenvalue weighted by atomic mass is 19.1. The van der Waals surface area contributed by atoms with Crippen molar-refractivity contribution in [3.05, 3.63) is 35.9 Å². The van der Waals surface area contributed by atoms with E-state index in [-0.39, 0.29) is 18.1 Å². The monoisotopic (exact) mass is 334 g/mol. The van der Waals surface area contributed by atoms with Gasteiger partial charge in [0.25, 0.3) is 0 Å². The topological polar surface area (TPSA) is 41.6 Å². The number of fused-ring (bicyclic) bond motifs is 2. The van der Waals surface area contributed by atoms with Crippen molar-refractivity contribution in [1.82, 2.24) is 10.2 Å². The van der Waals surface area contributed by atoms with Crippen LogP contribution in [0, 0.1) is 0 Å². The van der Waals surface area contributed by atoms with Crippen LogP contribution in [0.25, 0.3) is 0 Å². The van der Waals surface area contributed by atoms with Crippen LogP contribution in [0.3, 0.4) is 0 Å². The van der Waals surface area contributed by atoms with Gasteiger partial charge in [-0.15, -0.1) is 0 Å². The molecule has 2 aliphatic heterocycles. The molecule has 2 bridgehead atoms. The minimum atomic E-state index is -0.902. The first-order valence-corrected chi connectivity index (χ1v) is 8.77. The number of nitrogens with zero attached hydrogens (tertiary/aromatic N) is 1. The van der Waals surface area contributed by atoms with Crippen LogP contribution in [0.1, 0.15) is 45.6 Å². The third-order valence-corrected chi connectivity index (χ3v) is 4.85. The van der Waals surface area contributed by atoms with Crippen molar-refractivity contribution in [2.45, 2.75) is 76.5 Å². The second-order valence-corrected chi connectivity index (χ2v) is 7.88. The second kappa shape index (κ2) is 6.71. The first kappa shape index (κ1) is 17.2. The number of carbonyl (C=O) groups excluding carboxylic acids is 1. The van der Waals surface area contributed by atoms with Crippen molar-refractivity contribution in [2.75, 3.05) is 0 Å². The van der Waals surface area contributed by atoms with Gasteiger partial charge in [0, 0.05) is 12.6 Å². The van der Waals surface area contributed by atoms with Crippen LogP contribution < -0.4 is 5.32 Å². The molecule has 1 amide bonds. The Balaban J connectivity index is 1.69. The van der Waals surface area contributed by atoms with Crippen LogP contribution in [0.4, 0.5) is 9.18 Å². The lowest BCUT2D eigenvalue weighted by Crippen LogP contribution is -2.56. The van der Waals surface area contributed by atoms with Crippen LogP contribution >= 0.6 is 0 Å². The number of hydrogen-bond acceptors (Lipinski definition) is 3. The van der Waals surface area contributed by atoms with Crippen LogP contribution in [0.15, 0.2) is 30.3 Å². The molecule has 5 heteroatoms. The Labute approximate surface area is 143 Å². The average molecular weight is 334 g/mol. The summed E-state index contributed by atoms with van der Waals surface area (Å²) in [6, 6.07) is 9.93. The quantitative estimate of drug-likeness (QED) is 0.917. The first-order valence-electron chi connectivity index (χ1n) is 8.77. The summed E-state index contributed by atoms with van der Waals surface area (Å²) in [6.45, 7) is 6.22. The molecule has 0 spiro atoms. The predicted octanol–water partition coefficient (Wildman–Crippen LogP) is 3.65. The maximum absolute atomic E-state index is 14.6. The lowest BCUT2D eigenvalue weighted by molar-refractivity contribution is 0.0359. The highest BCUT2D eigenvalue weighted by Gasteiger charge is 2.49. The molecule has 0 radical (unpaired) electrons. The zero-order valence-electron chi connectivity index (χ0n) is 14.7. The van der Waals surface area contributed by atoms with E-state index in [2.05, 4.69) is 22.3 Å². The molecule has 2 heterocycles. The summed E-state index contributed by atoms with van der Waals surface area (Å²) < 4.78 is 20.0. The van der Waals surface area contributed by atoms with Crippen LogP contribution in [0.2, 0.25) is 0 Å². The van der Waals surface area contributed by atoms with E-state index in [4.69, 9.17) is 4.74 Å². The lowest BCUT2D eigenvalue weighted by atomic mass is 9.96. The Bertz CT molecular complexity index is 572. The average Bonchev–Trinajstić information content (AvgIpc) is 2.68. The van der Waals surface area contributed by atoms with Gasteiger partial charge in [-0.05, 0) is 45.6 Å². The van der Waals surface area contributed by atoms with E-state index in [0.29, 0.717) is 6.42 Å². The molecule has 1 aromatic rings. The van der Waals surface area contributed by atoms with E-state index >= 15 is 0 Å². The molecule has 2 aliphatic rings. The smallest absolute Gasteiger partial charge is 0.407 e. The fraction of sp³-hybridized carbons (Fsp3) is 0.632. The zero-order chi connectivity index (χ0) is 17.3. The van der Waals surface area contributed by atoms with Gasteiger partial charge in [0.15, 0.2) is 0 Å². The predicted molar refractivity (Wildman–Crippen MR) is 91.5 cm³/mol. The van der Waals surface area contributed by atoms with Gasteiger partial charge in [0.1, 0.15) is 11.8 Å². The normalized spacial score (nSPS) is 30.2. The number of alkyl carbamates (subject to hydrolysis) is 1. The summed E-state index contributed by atoms with van der Waals surface area (Å²) in [5.74, 6) is 0. The molecule has 132 valence electrons. The lowest BCUT2D eigenvalue weighted by Gasteiger charge is -2.40. The van der Waals surface area contributed by atoms with Gasteiger partial charge in [0.05, 0.1) is 12.1 Å². The first-order chi connectivity index (χ1) is 11.3. The summed E-state index contributed by atoms with van der Waals surface area (Å²) in [7, 11) is 0. The molecule has 0 aromatic heterocycles. The third-order valence-electron chi connectivity index (χ3n) is 4.85. The van der Waals surface area contributed by atoms with E-state index in [0.717, 1.165) is 19.4 Å². The van der Waals surface area contributed by atoms with E-state index < -0.39 is 17.9 Å². The van der Waals surface area contributed by atoms with Crippen LogP contribution in [-0.4, -0.2) is 40.9 Å². The highest BCUT2D eigenvalue weighted by Crippen LogP contribution is 2.38. The fourth-order valence-corrected chi connectivity index (χ4v) is 3.94. The summed E-state index contributed by atoms with van der Waals surface area (Å²) in [4.78, 5) is 14.3. The number of benzene rings is 1. The SMILES string of the molecule is CC(C)(C)OC(=O)N[C@H]1CC[C@H]2C[C@H](F)[C@@H]1N2Cc1ccccc1. The minimum absolute atomic E-state index is 0.197. The molecule has 1 N–H and O–H groups in total. The maximum Gasteiger partial charge on any atom is 0.407 e. The largest absolute Gasteiger partial charge is 0.444 e. The number of carbonyl (C=O) groups is 1. The standard InChI is InChI=1S/C19H27FN2O2/c1-19(2,3)24-18(23)21-16-10-9-14-11-15(20)17(16)22(14)12-13-7-5-4-6-8-13/h4-8,14-17H,9-12H2,1-3H3,(H,21,23)/t14-,15-,16-,17-/m0/s1. The molecule has 24 heavy (non-hydrogen) atoms. The van der Waals surface area contributed by atoms with Crippen molar-refractivity contribution in [1.29, 1.82) is 0 Å². The molecule has 0 aliphatic carbocycles. The number of rotatable bonds is 3. The third kappa shape index (κ3) is 3.89. The van der Waals surface area contributed by atoms with Crippen molar-refractivity contribution >= 4 is 6.09 Å². The Hall–Kier alpha value is -1.62. The number of nitrogens with one attached hydrogen (secondary N) is 1. The van der Waals surface area contributed by atoms with E-state index in [9.17, 15) is 9.18 Å². The van der Waals surface area contributed by atoms with Gasteiger partial charge in [-0.1, -0.05) is 30.3 Å². The van der Waals surface area contributed by atoms with Gasteiger partial charge in [0.2, 0.25) is 0 Å². The number of piperidine rings is 1. The van der Waals surface area contributed by atoms with Crippen LogP contribution in [-0.2, 0) is 11.3 Å². The zero-order valence-corrected chi connectivity index (χ0v) is 14.7. The van der Waals surface area contributed by atoms with Gasteiger partial charge >= 0.3 is 6.09 Å². The highest BCUT2D eigenvalue weighted by molar-refractivity contribution is 5.68. The Morgan fingerprint density at radius 3 is 2.67 bits per heavy atom. The second-order valence-electron chi connectivity index (χ2n) is 7.88. The molecule has 2 fully saturated rings. The molecule has 1 aromatic carbocycles. The summed E-state index contributed by atoms with van der Waals surface area (Å²) in [5.41, 5.74) is 0.634. The molecule has 4 nitrogen and oxygen atoms in total. The van der Waals surface area contributed by atoms with Gasteiger partial charge in [-0.2, -0.15) is 0 Å². The van der Waals surface area contributed by atoms with Gasteiger partial charge in [-0.3, -0.25) is 4.90 Å². The number of ether oxygens (including phenoxy) is 1. The summed E-state index contributed by atoms with van der Waals surface area (Å²) >= 11 is 0. The summed E-state index contributed by atoms with van der Waals surface area (Å²) in [6.07, 6.45) is 0.917. The van der Waals surface area contributed by atoms with Crippen molar-refractivity contribution in [3.8, 4) is 0 Å². The molecule has 3 rings (SSSR count). The van der Waals surface area contributed by atoms with E-state index in [1.54, 1.807) is 0 Å². The summed E-state index contributed by atoms with van der Waals surface area (Å²) in [5, 5.41) is 2.91. The van der Waals surface area contributed by atoms with Gasteiger partial charge in [-0.25, -0.2) is 9.18 Å². The molecule has 4 atom stereocenters. The van der Waals surface area contributed by atoms with Crippen molar-refractivity contribution in [2.24, 2.45) is 0 Å². The Kier molecular flexibility index (Phi) is 4.81. The van der Waals surface area contributed by atoms with Crippen LogP contribution in [0.5, 0.6) is 0 Å². The Morgan fingerprint density at radius 2 is 2.00 bits per heavy atom. The molecule has 0 unspecified atom stereocenters. The van der Waals surface area contributed by atoms with E-state index in [1.165, 1.54) is 5.56 Å². The Morgan fingerprint density at radius 1 is 1.29 bits per heavy atom. The number of amides is 1. The van der Waals surface area contributed by atoms with Crippen molar-refractivity contribution < 1.29 is 13.9 Å². The number of hydrogen-bond donors (Lipinski definition) is 1. The number of alkyl halides is 1. The maximum atomic E-state index is 14.6. The minimum Gasteiger partial charge on any atom is -0.444 e. The molecular weight excluding hydrogens is 307 g/mol. The molecular formula is C19H27FN2O2. The molecule has 0 saturated carbocycles. The fourth-order valence-electron chi connectivity index (χ4n) is 3.94. The van der Waals surface area contributed by atoms with E-state index in [1.807, 2.05) is 39.0 Å². The number of halogens is 1. The van der Waals surface area contributed by atoms with Gasteiger partial charge < -0.3 is 10.1 Å². The molecule has 2 saturated heterocycles. The van der Waals surface area contributed by atoms with Crippen molar-refractivity contribution in [3.63, 3.8) is 0 Å².